The highest BCUT2D eigenvalue weighted by Crippen LogP contribution is 2.03. The summed E-state index contributed by atoms with van der Waals surface area (Å²) in [5.74, 6) is -0.398. The van der Waals surface area contributed by atoms with E-state index in [0.717, 1.165) is 6.42 Å². The molecule has 1 fully saturated rings. The first-order chi connectivity index (χ1) is 5.70. The van der Waals surface area contributed by atoms with Crippen molar-refractivity contribution in [1.29, 1.82) is 0 Å². The number of rotatable bonds is 2. The second-order valence-electron chi connectivity index (χ2n) is 2.59. The van der Waals surface area contributed by atoms with Gasteiger partial charge in [0.05, 0.1) is 19.7 Å². The van der Waals surface area contributed by atoms with E-state index in [2.05, 4.69) is 5.32 Å². The van der Waals surface area contributed by atoms with Gasteiger partial charge in [0, 0.05) is 6.92 Å². The highest BCUT2D eigenvalue weighted by Gasteiger charge is 2.18. The Morgan fingerprint density at radius 1 is 1.58 bits per heavy atom. The van der Waals surface area contributed by atoms with Crippen molar-refractivity contribution < 1.29 is 14.4 Å². The molecule has 1 saturated heterocycles. The van der Waals surface area contributed by atoms with E-state index in [1.807, 2.05) is 0 Å². The molecule has 1 heterocycles. The predicted octanol–water partition coefficient (Wildman–Crippen LogP) is -0.714. The van der Waals surface area contributed by atoms with E-state index in [-0.39, 0.29) is 18.4 Å². The smallest absolute Gasteiger partial charge is 0.265 e. The Hall–Kier alpha value is -1.10. The number of amides is 2. The molecule has 0 atom stereocenters. The molecule has 0 spiro atoms. The summed E-state index contributed by atoms with van der Waals surface area (Å²) < 4.78 is 0. The maximum Gasteiger partial charge on any atom is 0.265 e. The van der Waals surface area contributed by atoms with Crippen LogP contribution in [0.5, 0.6) is 0 Å². The summed E-state index contributed by atoms with van der Waals surface area (Å²) in [6.45, 7) is 2.61. The number of hydrogen-bond donors (Lipinski definition) is 1. The SMILES string of the molecule is CC(=O)NCC(=O)N1CCCO1. The van der Waals surface area contributed by atoms with Crippen molar-refractivity contribution in [2.75, 3.05) is 19.7 Å². The molecule has 12 heavy (non-hydrogen) atoms. The Kier molecular flexibility index (Phi) is 3.04. The van der Waals surface area contributed by atoms with Crippen molar-refractivity contribution in [3.63, 3.8) is 0 Å². The molecule has 0 aromatic heterocycles. The van der Waals surface area contributed by atoms with Crippen LogP contribution in [0.3, 0.4) is 0 Å². The van der Waals surface area contributed by atoms with Crippen molar-refractivity contribution in [1.82, 2.24) is 10.4 Å². The molecule has 1 rings (SSSR count). The van der Waals surface area contributed by atoms with Crippen molar-refractivity contribution in [3.05, 3.63) is 0 Å². The number of carbonyl (C=O) groups excluding carboxylic acids is 2. The van der Waals surface area contributed by atoms with Gasteiger partial charge in [-0.15, -0.1) is 0 Å². The lowest BCUT2D eigenvalue weighted by Crippen LogP contribution is -2.37. The van der Waals surface area contributed by atoms with Crippen molar-refractivity contribution in [3.8, 4) is 0 Å². The zero-order chi connectivity index (χ0) is 8.97. The van der Waals surface area contributed by atoms with Gasteiger partial charge >= 0.3 is 0 Å². The first kappa shape index (κ1) is 8.99. The first-order valence-corrected chi connectivity index (χ1v) is 3.88. The molecule has 0 aromatic rings. The van der Waals surface area contributed by atoms with E-state index in [4.69, 9.17) is 4.84 Å². The molecule has 5 heteroatoms. The third-order valence-corrected chi connectivity index (χ3v) is 1.52. The molecule has 0 saturated carbocycles. The normalized spacial score (nSPS) is 16.2. The van der Waals surface area contributed by atoms with Gasteiger partial charge in [0.1, 0.15) is 0 Å². The Morgan fingerprint density at radius 3 is 2.83 bits per heavy atom. The van der Waals surface area contributed by atoms with E-state index < -0.39 is 0 Å². The van der Waals surface area contributed by atoms with Gasteiger partial charge in [0.15, 0.2) is 0 Å². The van der Waals surface area contributed by atoms with Crippen LogP contribution >= 0.6 is 0 Å². The molecule has 1 aliphatic heterocycles. The zero-order valence-corrected chi connectivity index (χ0v) is 7.00. The molecule has 2 amide bonds. The Balaban J connectivity index is 2.23. The van der Waals surface area contributed by atoms with Crippen LogP contribution in [0.25, 0.3) is 0 Å². The third-order valence-electron chi connectivity index (χ3n) is 1.52. The van der Waals surface area contributed by atoms with Gasteiger partial charge in [0.25, 0.3) is 5.91 Å². The van der Waals surface area contributed by atoms with Crippen LogP contribution < -0.4 is 5.32 Å². The van der Waals surface area contributed by atoms with Gasteiger partial charge in [-0.1, -0.05) is 0 Å². The molecule has 1 N–H and O–H groups in total. The maximum atomic E-state index is 11.1. The minimum atomic E-state index is -0.206. The van der Waals surface area contributed by atoms with E-state index in [1.54, 1.807) is 0 Å². The number of carbonyl (C=O) groups is 2. The largest absolute Gasteiger partial charge is 0.347 e. The summed E-state index contributed by atoms with van der Waals surface area (Å²) in [7, 11) is 0. The van der Waals surface area contributed by atoms with E-state index >= 15 is 0 Å². The number of hydroxylamine groups is 2. The molecule has 5 nitrogen and oxygen atoms in total. The lowest BCUT2D eigenvalue weighted by Gasteiger charge is -2.13. The zero-order valence-electron chi connectivity index (χ0n) is 7.00. The Labute approximate surface area is 70.6 Å². The van der Waals surface area contributed by atoms with Crippen LogP contribution in [0, 0.1) is 0 Å². The van der Waals surface area contributed by atoms with E-state index in [0.29, 0.717) is 13.2 Å². The number of nitrogens with one attached hydrogen (secondary N) is 1. The standard InChI is InChI=1S/C7H12N2O3/c1-6(10)8-5-7(11)9-3-2-4-12-9/h2-5H2,1H3,(H,8,10). The topological polar surface area (TPSA) is 58.6 Å². The summed E-state index contributed by atoms with van der Waals surface area (Å²) in [4.78, 5) is 26.6. The molecule has 0 unspecified atom stereocenters. The monoisotopic (exact) mass is 172 g/mol. The Morgan fingerprint density at radius 2 is 2.33 bits per heavy atom. The first-order valence-electron chi connectivity index (χ1n) is 3.88. The van der Waals surface area contributed by atoms with Crippen LogP contribution in [0.1, 0.15) is 13.3 Å². The number of hydrogen-bond acceptors (Lipinski definition) is 3. The Bertz CT molecular complexity index is 187. The van der Waals surface area contributed by atoms with Gasteiger partial charge in [0.2, 0.25) is 5.91 Å². The lowest BCUT2D eigenvalue weighted by atomic mass is 10.4. The average molecular weight is 172 g/mol. The summed E-state index contributed by atoms with van der Waals surface area (Å²) in [5.41, 5.74) is 0. The van der Waals surface area contributed by atoms with Crippen LogP contribution in [0.4, 0.5) is 0 Å². The minimum Gasteiger partial charge on any atom is -0.347 e. The van der Waals surface area contributed by atoms with Gasteiger partial charge in [-0.3, -0.25) is 14.4 Å². The van der Waals surface area contributed by atoms with Gasteiger partial charge < -0.3 is 5.32 Å². The summed E-state index contributed by atoms with van der Waals surface area (Å²) in [5, 5.41) is 3.70. The molecule has 0 aromatic carbocycles. The predicted molar refractivity (Wildman–Crippen MR) is 41.0 cm³/mol. The van der Waals surface area contributed by atoms with Crippen molar-refractivity contribution >= 4 is 11.8 Å². The molecular formula is C7H12N2O3. The highest BCUT2D eigenvalue weighted by molar-refractivity contribution is 5.83. The molecule has 0 radical (unpaired) electrons. The fraction of sp³-hybridized carbons (Fsp3) is 0.714. The molecule has 68 valence electrons. The lowest BCUT2D eigenvalue weighted by molar-refractivity contribution is -0.167. The summed E-state index contributed by atoms with van der Waals surface area (Å²) in [6, 6.07) is 0. The molecule has 0 bridgehead atoms. The fourth-order valence-corrected chi connectivity index (χ4v) is 0.932. The van der Waals surface area contributed by atoms with Gasteiger partial charge in [-0.05, 0) is 6.42 Å². The third kappa shape index (κ3) is 2.50. The molecule has 1 aliphatic rings. The van der Waals surface area contributed by atoms with Gasteiger partial charge in [-0.25, -0.2) is 5.06 Å². The van der Waals surface area contributed by atoms with E-state index in [1.165, 1.54) is 12.0 Å². The van der Waals surface area contributed by atoms with Crippen LogP contribution in [0.2, 0.25) is 0 Å². The number of nitrogens with zero attached hydrogens (tertiary/aromatic N) is 1. The van der Waals surface area contributed by atoms with Crippen LogP contribution in [-0.2, 0) is 14.4 Å². The fourth-order valence-electron chi connectivity index (χ4n) is 0.932. The average Bonchev–Trinajstić information content (AvgIpc) is 2.51. The van der Waals surface area contributed by atoms with Gasteiger partial charge in [-0.2, -0.15) is 0 Å². The highest BCUT2D eigenvalue weighted by atomic mass is 16.7. The second kappa shape index (κ2) is 4.06. The van der Waals surface area contributed by atoms with Crippen molar-refractivity contribution in [2.24, 2.45) is 0 Å². The molecule has 0 aliphatic carbocycles. The van der Waals surface area contributed by atoms with Crippen LogP contribution in [-0.4, -0.2) is 36.6 Å². The summed E-state index contributed by atoms with van der Waals surface area (Å²) >= 11 is 0. The maximum absolute atomic E-state index is 11.1. The van der Waals surface area contributed by atoms with E-state index in [9.17, 15) is 9.59 Å². The van der Waals surface area contributed by atoms with Crippen molar-refractivity contribution in [2.45, 2.75) is 13.3 Å². The summed E-state index contributed by atoms with van der Waals surface area (Å²) in [6.07, 6.45) is 0.867. The second-order valence-corrected chi connectivity index (χ2v) is 2.59. The van der Waals surface area contributed by atoms with Crippen LogP contribution in [0.15, 0.2) is 0 Å². The molecular weight excluding hydrogens is 160 g/mol. The quantitative estimate of drug-likeness (QED) is 0.598. The minimum absolute atomic E-state index is 0.0231.